The van der Waals surface area contributed by atoms with Crippen LogP contribution in [0.3, 0.4) is 0 Å². The summed E-state index contributed by atoms with van der Waals surface area (Å²) in [5.41, 5.74) is 3.23. The highest BCUT2D eigenvalue weighted by Crippen LogP contribution is 2.27. The lowest BCUT2D eigenvalue weighted by Gasteiger charge is -2.25. The van der Waals surface area contributed by atoms with E-state index in [0.717, 1.165) is 35.0 Å². The summed E-state index contributed by atoms with van der Waals surface area (Å²) >= 11 is 0. The molecule has 0 aliphatic carbocycles. The van der Waals surface area contributed by atoms with Crippen molar-refractivity contribution in [3.05, 3.63) is 72.6 Å². The molecule has 0 radical (unpaired) electrons. The molecule has 0 spiro atoms. The predicted octanol–water partition coefficient (Wildman–Crippen LogP) is 4.48. The van der Waals surface area contributed by atoms with Gasteiger partial charge in [-0.25, -0.2) is 4.98 Å². The van der Waals surface area contributed by atoms with Gasteiger partial charge in [-0.05, 0) is 30.7 Å². The Morgan fingerprint density at radius 1 is 1.23 bits per heavy atom. The number of hydrogen-bond acceptors (Lipinski definition) is 3. The molecule has 0 saturated carbocycles. The highest BCUT2D eigenvalue weighted by Gasteiger charge is 2.26. The van der Waals surface area contributed by atoms with Crippen molar-refractivity contribution in [2.45, 2.75) is 25.8 Å². The number of aromatic nitrogens is 2. The molecule has 3 aromatic rings. The zero-order chi connectivity index (χ0) is 17.9. The molecule has 1 atom stereocenters. The maximum absolute atomic E-state index is 13.4. The SMILES string of the molecule is CCCC1C=CCN1C(=O)c1cc(-c2cccnc2)nc2ccccc12. The van der Waals surface area contributed by atoms with Crippen molar-refractivity contribution >= 4 is 16.8 Å². The van der Waals surface area contributed by atoms with Crippen molar-refractivity contribution in [2.75, 3.05) is 6.54 Å². The second-order valence-corrected chi connectivity index (χ2v) is 6.56. The Kier molecular flexibility index (Phi) is 4.48. The minimum absolute atomic E-state index is 0.0668. The van der Waals surface area contributed by atoms with Crippen LogP contribution in [0.25, 0.3) is 22.2 Å². The van der Waals surface area contributed by atoms with Crippen molar-refractivity contribution < 1.29 is 4.79 Å². The smallest absolute Gasteiger partial charge is 0.255 e. The van der Waals surface area contributed by atoms with Gasteiger partial charge in [0.05, 0.1) is 22.8 Å². The standard InChI is InChI=1S/C22H21N3O/c1-2-7-17-9-6-13-25(17)22(26)19-14-21(16-8-5-12-23-15-16)24-20-11-4-3-10-18(19)20/h3-6,8-12,14-15,17H,2,7,13H2,1H3. The average Bonchev–Trinajstić information content (AvgIpc) is 3.16. The van der Waals surface area contributed by atoms with E-state index in [1.807, 2.05) is 47.4 Å². The first-order valence-corrected chi connectivity index (χ1v) is 9.05. The third kappa shape index (κ3) is 2.99. The van der Waals surface area contributed by atoms with Gasteiger partial charge in [0.2, 0.25) is 0 Å². The molecule has 2 aromatic heterocycles. The first-order valence-electron chi connectivity index (χ1n) is 9.05. The molecular formula is C22H21N3O. The van der Waals surface area contributed by atoms with E-state index in [2.05, 4.69) is 24.1 Å². The minimum Gasteiger partial charge on any atom is -0.328 e. The van der Waals surface area contributed by atoms with E-state index in [1.165, 1.54) is 0 Å². The summed E-state index contributed by atoms with van der Waals surface area (Å²) < 4.78 is 0. The topological polar surface area (TPSA) is 46.1 Å². The van der Waals surface area contributed by atoms with E-state index in [-0.39, 0.29) is 11.9 Å². The van der Waals surface area contributed by atoms with Crippen LogP contribution in [0.4, 0.5) is 0 Å². The molecule has 1 aliphatic heterocycles. The Bertz CT molecular complexity index is 966. The summed E-state index contributed by atoms with van der Waals surface area (Å²) in [5.74, 6) is 0.0668. The zero-order valence-electron chi connectivity index (χ0n) is 14.8. The molecule has 1 unspecified atom stereocenters. The number of carbonyl (C=O) groups is 1. The lowest BCUT2D eigenvalue weighted by atomic mass is 10.0. The van der Waals surface area contributed by atoms with E-state index in [4.69, 9.17) is 4.98 Å². The molecule has 26 heavy (non-hydrogen) atoms. The van der Waals surface area contributed by atoms with Crippen molar-refractivity contribution in [2.24, 2.45) is 0 Å². The van der Waals surface area contributed by atoms with Gasteiger partial charge in [-0.2, -0.15) is 0 Å². The van der Waals surface area contributed by atoms with Crippen molar-refractivity contribution in [3.63, 3.8) is 0 Å². The molecule has 4 nitrogen and oxygen atoms in total. The quantitative estimate of drug-likeness (QED) is 0.656. The van der Waals surface area contributed by atoms with Crippen LogP contribution >= 0.6 is 0 Å². The molecule has 130 valence electrons. The van der Waals surface area contributed by atoms with Gasteiger partial charge in [0, 0.05) is 29.9 Å². The van der Waals surface area contributed by atoms with E-state index < -0.39 is 0 Å². The third-order valence-electron chi connectivity index (χ3n) is 4.81. The molecule has 0 N–H and O–H groups in total. The van der Waals surface area contributed by atoms with Crippen LogP contribution in [-0.2, 0) is 0 Å². The number of carbonyl (C=O) groups excluding carboxylic acids is 1. The second kappa shape index (κ2) is 7.08. The third-order valence-corrected chi connectivity index (χ3v) is 4.81. The summed E-state index contributed by atoms with van der Waals surface area (Å²) in [6.07, 6.45) is 9.79. The van der Waals surface area contributed by atoms with E-state index in [9.17, 15) is 4.79 Å². The van der Waals surface area contributed by atoms with Crippen molar-refractivity contribution in [1.29, 1.82) is 0 Å². The summed E-state index contributed by atoms with van der Waals surface area (Å²) in [5, 5.41) is 0.896. The van der Waals surface area contributed by atoms with Gasteiger partial charge in [-0.15, -0.1) is 0 Å². The fourth-order valence-electron chi connectivity index (χ4n) is 3.52. The molecular weight excluding hydrogens is 322 g/mol. The number of amides is 1. The van der Waals surface area contributed by atoms with Crippen LogP contribution in [0.5, 0.6) is 0 Å². The van der Waals surface area contributed by atoms with Gasteiger partial charge in [0.25, 0.3) is 5.91 Å². The van der Waals surface area contributed by atoms with E-state index >= 15 is 0 Å². The van der Waals surface area contributed by atoms with Gasteiger partial charge in [0.1, 0.15) is 0 Å². The Morgan fingerprint density at radius 3 is 2.92 bits per heavy atom. The van der Waals surface area contributed by atoms with Gasteiger partial charge in [-0.1, -0.05) is 43.7 Å². The highest BCUT2D eigenvalue weighted by molar-refractivity contribution is 6.07. The van der Waals surface area contributed by atoms with Crippen molar-refractivity contribution in [3.8, 4) is 11.3 Å². The van der Waals surface area contributed by atoms with Crippen LogP contribution in [0.2, 0.25) is 0 Å². The maximum Gasteiger partial charge on any atom is 0.255 e. The van der Waals surface area contributed by atoms with Gasteiger partial charge < -0.3 is 4.90 Å². The summed E-state index contributed by atoms with van der Waals surface area (Å²) in [4.78, 5) is 24.3. The number of para-hydroxylation sites is 1. The molecule has 4 rings (SSSR count). The lowest BCUT2D eigenvalue weighted by molar-refractivity contribution is 0.0746. The first-order chi connectivity index (χ1) is 12.8. The van der Waals surface area contributed by atoms with Crippen LogP contribution in [0.15, 0.2) is 67.0 Å². The molecule has 1 amide bonds. The number of nitrogens with zero attached hydrogens (tertiary/aromatic N) is 3. The molecule has 3 heterocycles. The van der Waals surface area contributed by atoms with Gasteiger partial charge in [0.15, 0.2) is 0 Å². The Morgan fingerprint density at radius 2 is 2.12 bits per heavy atom. The zero-order valence-corrected chi connectivity index (χ0v) is 14.8. The molecule has 4 heteroatoms. The fraction of sp³-hybridized carbons (Fsp3) is 0.227. The van der Waals surface area contributed by atoms with Crippen LogP contribution in [0, 0.1) is 0 Å². The van der Waals surface area contributed by atoms with Crippen molar-refractivity contribution in [1.82, 2.24) is 14.9 Å². The van der Waals surface area contributed by atoms with Gasteiger partial charge >= 0.3 is 0 Å². The highest BCUT2D eigenvalue weighted by atomic mass is 16.2. The lowest BCUT2D eigenvalue weighted by Crippen LogP contribution is -2.36. The molecule has 0 fully saturated rings. The molecule has 1 aliphatic rings. The van der Waals surface area contributed by atoms with Crippen LogP contribution in [-0.4, -0.2) is 33.4 Å². The number of benzene rings is 1. The molecule has 1 aromatic carbocycles. The number of hydrogen-bond donors (Lipinski definition) is 0. The van der Waals surface area contributed by atoms with Crippen LogP contribution < -0.4 is 0 Å². The second-order valence-electron chi connectivity index (χ2n) is 6.56. The number of rotatable bonds is 4. The first kappa shape index (κ1) is 16.5. The van der Waals surface area contributed by atoms with Crippen LogP contribution in [0.1, 0.15) is 30.1 Å². The Hall–Kier alpha value is -3.01. The minimum atomic E-state index is 0.0668. The monoisotopic (exact) mass is 343 g/mol. The van der Waals surface area contributed by atoms with Gasteiger partial charge in [-0.3, -0.25) is 9.78 Å². The normalized spacial score (nSPS) is 16.3. The van der Waals surface area contributed by atoms with E-state index in [0.29, 0.717) is 12.1 Å². The Labute approximate surface area is 153 Å². The molecule has 0 bridgehead atoms. The Balaban J connectivity index is 1.82. The largest absolute Gasteiger partial charge is 0.328 e. The number of pyridine rings is 2. The number of fused-ring (bicyclic) bond motifs is 1. The fourth-order valence-corrected chi connectivity index (χ4v) is 3.52. The molecule has 0 saturated heterocycles. The average molecular weight is 343 g/mol. The summed E-state index contributed by atoms with van der Waals surface area (Å²) in [6, 6.07) is 13.8. The maximum atomic E-state index is 13.4. The summed E-state index contributed by atoms with van der Waals surface area (Å²) in [6.45, 7) is 2.82. The summed E-state index contributed by atoms with van der Waals surface area (Å²) in [7, 11) is 0. The predicted molar refractivity (Wildman–Crippen MR) is 104 cm³/mol. The van der Waals surface area contributed by atoms with E-state index in [1.54, 1.807) is 12.4 Å².